The van der Waals surface area contributed by atoms with Gasteiger partial charge in [-0.3, -0.25) is 4.79 Å². The van der Waals surface area contributed by atoms with Crippen molar-refractivity contribution in [2.24, 2.45) is 0 Å². The fourth-order valence-electron chi connectivity index (χ4n) is 3.80. The smallest absolute Gasteiger partial charge is 0.338 e. The molecule has 8 nitrogen and oxygen atoms in total. The lowest BCUT2D eigenvalue weighted by atomic mass is 10.2. The molecule has 4 rings (SSSR count). The molecule has 3 aromatic rings. The van der Waals surface area contributed by atoms with Crippen molar-refractivity contribution in [1.82, 2.24) is 4.31 Å². The van der Waals surface area contributed by atoms with E-state index in [2.05, 4.69) is 5.32 Å². The normalized spacial score (nSPS) is 14.3. The van der Waals surface area contributed by atoms with E-state index < -0.39 is 28.5 Å². The molecule has 1 amide bonds. The second-order valence-electron chi connectivity index (χ2n) is 8.26. The summed E-state index contributed by atoms with van der Waals surface area (Å²) < 4.78 is 46.2. The minimum absolute atomic E-state index is 0.0577. The monoisotopic (exact) mass is 599 g/mol. The summed E-state index contributed by atoms with van der Waals surface area (Å²) in [6, 6.07) is 14.2. The van der Waals surface area contributed by atoms with Crippen molar-refractivity contribution in [2.75, 3.05) is 43.0 Å². The summed E-state index contributed by atoms with van der Waals surface area (Å²) in [4.78, 5) is 26.5. The third-order valence-corrected chi connectivity index (χ3v) is 8.68. The highest BCUT2D eigenvalue weighted by atomic mass is 35.5. The molecule has 3 aromatic carbocycles. The lowest BCUT2D eigenvalue weighted by molar-refractivity contribution is -0.119. The summed E-state index contributed by atoms with van der Waals surface area (Å²) in [5.41, 5.74) is 0.986. The van der Waals surface area contributed by atoms with Gasteiger partial charge in [0.15, 0.2) is 6.61 Å². The Balaban J connectivity index is 1.40. The number of rotatable bonds is 7. The molecule has 0 spiro atoms. The molecule has 0 bridgehead atoms. The van der Waals surface area contributed by atoms with Crippen molar-refractivity contribution in [2.45, 2.75) is 4.90 Å². The number of halogens is 4. The van der Waals surface area contributed by atoms with Gasteiger partial charge >= 0.3 is 5.97 Å². The van der Waals surface area contributed by atoms with Crippen LogP contribution in [0.4, 0.5) is 15.8 Å². The Hall–Kier alpha value is -2.89. The van der Waals surface area contributed by atoms with Crippen LogP contribution in [-0.4, -0.2) is 57.4 Å². The van der Waals surface area contributed by atoms with E-state index in [0.29, 0.717) is 18.1 Å². The van der Waals surface area contributed by atoms with E-state index in [4.69, 9.17) is 39.5 Å². The van der Waals surface area contributed by atoms with E-state index in [9.17, 15) is 22.4 Å². The number of piperazine rings is 1. The first kappa shape index (κ1) is 28.1. The SMILES string of the molecule is O=C(COC(=O)c1ccc(Cl)c(S(=O)(=O)N2CCN(c3ccc(F)cc3)CC2)c1)Nc1ccc(Cl)cc1Cl. The molecule has 1 saturated heterocycles. The van der Waals surface area contributed by atoms with Gasteiger partial charge in [-0.1, -0.05) is 34.8 Å². The molecule has 1 N–H and O–H groups in total. The number of anilines is 2. The zero-order valence-electron chi connectivity index (χ0n) is 19.7. The zero-order chi connectivity index (χ0) is 27.4. The van der Waals surface area contributed by atoms with Gasteiger partial charge in [-0.2, -0.15) is 4.31 Å². The summed E-state index contributed by atoms with van der Waals surface area (Å²) in [6.07, 6.45) is 0. The number of carbonyl (C=O) groups is 2. The highest BCUT2D eigenvalue weighted by Crippen LogP contribution is 2.28. The quantitative estimate of drug-likeness (QED) is 0.380. The number of sulfonamides is 1. The van der Waals surface area contributed by atoms with Crippen molar-refractivity contribution in [3.8, 4) is 0 Å². The van der Waals surface area contributed by atoms with Crippen LogP contribution in [0.25, 0.3) is 0 Å². The van der Waals surface area contributed by atoms with Crippen molar-refractivity contribution >= 4 is 68.1 Å². The summed E-state index contributed by atoms with van der Waals surface area (Å²) in [7, 11) is -4.04. The number of hydrogen-bond acceptors (Lipinski definition) is 6. The van der Waals surface area contributed by atoms with Crippen LogP contribution >= 0.6 is 34.8 Å². The van der Waals surface area contributed by atoms with Crippen molar-refractivity contribution in [1.29, 1.82) is 0 Å². The molecule has 0 aliphatic carbocycles. The van der Waals surface area contributed by atoms with Gasteiger partial charge in [0.1, 0.15) is 10.7 Å². The third-order valence-electron chi connectivity index (χ3n) is 5.75. The number of nitrogens with one attached hydrogen (secondary N) is 1. The van der Waals surface area contributed by atoms with Crippen molar-refractivity contribution < 1.29 is 27.1 Å². The highest BCUT2D eigenvalue weighted by Gasteiger charge is 2.31. The van der Waals surface area contributed by atoms with Crippen LogP contribution < -0.4 is 10.2 Å². The molecule has 0 aromatic heterocycles. The zero-order valence-corrected chi connectivity index (χ0v) is 22.7. The van der Waals surface area contributed by atoms with Crippen LogP contribution in [0.1, 0.15) is 10.4 Å². The molecule has 1 heterocycles. The van der Waals surface area contributed by atoms with Crippen molar-refractivity contribution in [3.05, 3.63) is 87.1 Å². The number of hydrogen-bond donors (Lipinski definition) is 1. The average Bonchev–Trinajstić information content (AvgIpc) is 2.89. The average molecular weight is 601 g/mol. The highest BCUT2D eigenvalue weighted by molar-refractivity contribution is 7.89. The maximum Gasteiger partial charge on any atom is 0.338 e. The first-order valence-electron chi connectivity index (χ1n) is 11.3. The molecule has 1 aliphatic rings. The lowest BCUT2D eigenvalue weighted by Gasteiger charge is -2.35. The van der Waals surface area contributed by atoms with E-state index in [-0.39, 0.29) is 45.1 Å². The maximum absolute atomic E-state index is 13.3. The Morgan fingerprint density at radius 1 is 0.895 bits per heavy atom. The van der Waals surface area contributed by atoms with Crippen molar-refractivity contribution in [3.63, 3.8) is 0 Å². The summed E-state index contributed by atoms with van der Waals surface area (Å²) in [5, 5.41) is 3.04. The second kappa shape index (κ2) is 11.9. The molecule has 0 atom stereocenters. The first-order chi connectivity index (χ1) is 18.0. The number of amides is 1. The van der Waals surface area contributed by atoms with Crippen LogP contribution in [0, 0.1) is 5.82 Å². The molecule has 1 aliphatic heterocycles. The number of benzene rings is 3. The van der Waals surface area contributed by atoms with E-state index in [1.54, 1.807) is 12.1 Å². The number of carbonyl (C=O) groups excluding carboxylic acids is 2. The van der Waals surface area contributed by atoms with Crippen LogP contribution in [0.2, 0.25) is 15.1 Å². The fraction of sp³-hybridized carbons (Fsp3) is 0.200. The molecular formula is C25H21Cl3FN3O5S. The topological polar surface area (TPSA) is 96.0 Å². The molecular weight excluding hydrogens is 580 g/mol. The molecule has 13 heteroatoms. The minimum atomic E-state index is -4.04. The Morgan fingerprint density at radius 2 is 1.58 bits per heavy atom. The van der Waals surface area contributed by atoms with E-state index in [1.807, 2.05) is 4.90 Å². The first-order valence-corrected chi connectivity index (χ1v) is 13.8. The number of nitrogens with zero attached hydrogens (tertiary/aromatic N) is 2. The van der Waals surface area contributed by atoms with E-state index >= 15 is 0 Å². The standard InChI is InChI=1S/C25H21Cl3FN3O5S/c26-17-2-8-22(21(28)14-17)30-24(33)15-37-25(34)16-1-7-20(27)23(13-16)38(35,36)32-11-9-31(10-12-32)19-5-3-18(29)4-6-19/h1-8,13-14H,9-12,15H2,(H,30,33). The van der Waals surface area contributed by atoms with Gasteiger partial charge in [-0.05, 0) is 60.7 Å². The van der Waals surface area contributed by atoms with Gasteiger partial charge < -0.3 is 15.0 Å². The third kappa shape index (κ3) is 6.57. The molecule has 0 unspecified atom stereocenters. The van der Waals surface area contributed by atoms with E-state index in [1.165, 1.54) is 46.8 Å². The lowest BCUT2D eigenvalue weighted by Crippen LogP contribution is -2.48. The number of ether oxygens (including phenoxy) is 1. The Labute approximate surface area is 233 Å². The minimum Gasteiger partial charge on any atom is -0.452 e. The molecule has 1 fully saturated rings. The van der Waals surface area contributed by atoms with Crippen LogP contribution in [-0.2, 0) is 19.6 Å². The molecule has 200 valence electrons. The summed E-state index contributed by atoms with van der Waals surface area (Å²) in [6.45, 7) is 0.470. The van der Waals surface area contributed by atoms with Gasteiger partial charge in [0.2, 0.25) is 10.0 Å². The molecule has 38 heavy (non-hydrogen) atoms. The number of esters is 1. The molecule has 0 saturated carbocycles. The maximum atomic E-state index is 13.3. The Bertz CT molecular complexity index is 1460. The van der Waals surface area contributed by atoms with Gasteiger partial charge in [0.25, 0.3) is 5.91 Å². The predicted molar refractivity (Wildman–Crippen MR) is 144 cm³/mol. The Kier molecular flexibility index (Phi) is 8.79. The van der Waals surface area contributed by atoms with Gasteiger partial charge in [0, 0.05) is 36.9 Å². The van der Waals surface area contributed by atoms with Crippen LogP contribution in [0.5, 0.6) is 0 Å². The Morgan fingerprint density at radius 3 is 2.24 bits per heavy atom. The summed E-state index contributed by atoms with van der Waals surface area (Å²) >= 11 is 18.0. The largest absolute Gasteiger partial charge is 0.452 e. The van der Waals surface area contributed by atoms with Crippen LogP contribution in [0.15, 0.2) is 65.6 Å². The van der Waals surface area contributed by atoms with Gasteiger partial charge in [0.05, 0.1) is 21.3 Å². The van der Waals surface area contributed by atoms with Gasteiger partial charge in [-0.15, -0.1) is 0 Å². The van der Waals surface area contributed by atoms with Gasteiger partial charge in [-0.25, -0.2) is 17.6 Å². The molecule has 0 radical (unpaired) electrons. The summed E-state index contributed by atoms with van der Waals surface area (Å²) in [5.74, 6) is -1.91. The fourth-order valence-corrected chi connectivity index (χ4v) is 6.18. The predicted octanol–water partition coefficient (Wildman–Crippen LogP) is 5.09. The van der Waals surface area contributed by atoms with E-state index in [0.717, 1.165) is 11.8 Å². The van der Waals surface area contributed by atoms with Crippen LogP contribution in [0.3, 0.4) is 0 Å². The second-order valence-corrected chi connectivity index (χ2v) is 11.4.